The van der Waals surface area contributed by atoms with Crippen molar-refractivity contribution in [3.05, 3.63) is 97.1 Å². The van der Waals surface area contributed by atoms with E-state index in [9.17, 15) is 4.79 Å². The molecule has 3 heteroatoms. The number of hydrogen-bond acceptors (Lipinski definition) is 2. The van der Waals surface area contributed by atoms with Gasteiger partial charge in [-0.2, -0.15) is 0 Å². The molecular weight excluding hydrogens is 356 g/mol. The Bertz CT molecular complexity index is 744. The van der Waals surface area contributed by atoms with Gasteiger partial charge in [0.15, 0.2) is 0 Å². The number of rotatable bonds is 10. The summed E-state index contributed by atoms with van der Waals surface area (Å²) in [6.45, 7) is 11.8. The fourth-order valence-electron chi connectivity index (χ4n) is 4.39. The van der Waals surface area contributed by atoms with Crippen LogP contribution in [0, 0.1) is 0 Å². The Morgan fingerprint density at radius 2 is 1.38 bits per heavy atom. The zero-order chi connectivity index (χ0) is 20.5. The standard InChI is InChI=1S/C26H32N2O/c1-3-18-27(19-4-2)22-17-26(23-13-7-5-8-14-23,24-15-9-6-10-16-24)25(29)28-20-11-12-21-28/h3-10,13-16H,1-2,11-12,17-22H2. The van der Waals surface area contributed by atoms with E-state index in [0.717, 1.165) is 63.1 Å². The Kier molecular flexibility index (Phi) is 7.42. The van der Waals surface area contributed by atoms with E-state index in [1.54, 1.807) is 0 Å². The summed E-state index contributed by atoms with van der Waals surface area (Å²) in [5.74, 6) is 0.226. The van der Waals surface area contributed by atoms with Gasteiger partial charge in [0, 0.05) is 32.7 Å². The topological polar surface area (TPSA) is 23.6 Å². The molecule has 3 rings (SSSR count). The molecule has 0 aromatic heterocycles. The second-order valence-corrected chi connectivity index (χ2v) is 7.72. The van der Waals surface area contributed by atoms with Crippen molar-refractivity contribution in [3.8, 4) is 0 Å². The molecule has 0 spiro atoms. The smallest absolute Gasteiger partial charge is 0.237 e. The van der Waals surface area contributed by atoms with Crippen LogP contribution in [0.2, 0.25) is 0 Å². The van der Waals surface area contributed by atoms with Crippen molar-refractivity contribution in [1.29, 1.82) is 0 Å². The summed E-state index contributed by atoms with van der Waals surface area (Å²) in [6.07, 6.45) is 6.73. The van der Waals surface area contributed by atoms with E-state index >= 15 is 0 Å². The molecule has 152 valence electrons. The molecule has 1 fully saturated rings. The van der Waals surface area contributed by atoms with Crippen molar-refractivity contribution in [2.24, 2.45) is 0 Å². The number of carbonyl (C=O) groups is 1. The zero-order valence-corrected chi connectivity index (χ0v) is 17.3. The largest absolute Gasteiger partial charge is 0.342 e. The van der Waals surface area contributed by atoms with Gasteiger partial charge in [0.1, 0.15) is 5.41 Å². The van der Waals surface area contributed by atoms with Gasteiger partial charge in [0.2, 0.25) is 5.91 Å². The van der Waals surface area contributed by atoms with E-state index in [0.29, 0.717) is 0 Å². The third-order valence-electron chi connectivity index (χ3n) is 5.87. The quantitative estimate of drug-likeness (QED) is 0.553. The third-order valence-corrected chi connectivity index (χ3v) is 5.87. The van der Waals surface area contributed by atoms with Gasteiger partial charge < -0.3 is 4.90 Å². The fourth-order valence-corrected chi connectivity index (χ4v) is 4.39. The van der Waals surface area contributed by atoms with Crippen LogP contribution in [-0.2, 0) is 10.2 Å². The summed E-state index contributed by atoms with van der Waals surface area (Å²) >= 11 is 0. The normalized spacial score (nSPS) is 14.2. The first kappa shape index (κ1) is 21.1. The Morgan fingerprint density at radius 1 is 0.897 bits per heavy atom. The lowest BCUT2D eigenvalue weighted by Crippen LogP contribution is -2.48. The van der Waals surface area contributed by atoms with Gasteiger partial charge in [-0.25, -0.2) is 0 Å². The van der Waals surface area contributed by atoms with Gasteiger partial charge in [-0.1, -0.05) is 72.8 Å². The van der Waals surface area contributed by atoms with Crippen LogP contribution < -0.4 is 0 Å². The van der Waals surface area contributed by atoms with Crippen LogP contribution in [-0.4, -0.2) is 48.4 Å². The first-order chi connectivity index (χ1) is 14.2. The Balaban J connectivity index is 2.07. The summed E-state index contributed by atoms with van der Waals surface area (Å²) < 4.78 is 0. The van der Waals surface area contributed by atoms with Crippen LogP contribution in [0.25, 0.3) is 0 Å². The van der Waals surface area contributed by atoms with Crippen molar-refractivity contribution in [1.82, 2.24) is 9.80 Å². The third kappa shape index (κ3) is 4.68. The molecule has 0 atom stereocenters. The summed E-state index contributed by atoms with van der Waals surface area (Å²) in [5, 5.41) is 0. The predicted molar refractivity (Wildman–Crippen MR) is 121 cm³/mol. The molecule has 1 aliphatic rings. The van der Waals surface area contributed by atoms with Crippen LogP contribution >= 0.6 is 0 Å². The Morgan fingerprint density at radius 3 is 1.83 bits per heavy atom. The lowest BCUT2D eigenvalue weighted by molar-refractivity contribution is -0.135. The average Bonchev–Trinajstić information content (AvgIpc) is 3.31. The zero-order valence-electron chi connectivity index (χ0n) is 17.3. The van der Waals surface area contributed by atoms with E-state index in [2.05, 4.69) is 47.2 Å². The molecule has 0 unspecified atom stereocenters. The summed E-state index contributed by atoms with van der Waals surface area (Å²) in [5.41, 5.74) is 1.45. The molecule has 3 nitrogen and oxygen atoms in total. The highest BCUT2D eigenvalue weighted by Gasteiger charge is 2.44. The molecular formula is C26H32N2O. The summed E-state index contributed by atoms with van der Waals surface area (Å²) in [4.78, 5) is 18.4. The minimum atomic E-state index is -0.687. The van der Waals surface area contributed by atoms with Crippen molar-refractivity contribution < 1.29 is 4.79 Å². The van der Waals surface area contributed by atoms with Gasteiger partial charge >= 0.3 is 0 Å². The maximum Gasteiger partial charge on any atom is 0.237 e. The molecule has 1 amide bonds. The van der Waals surface area contributed by atoms with E-state index in [4.69, 9.17) is 0 Å². The highest BCUT2D eigenvalue weighted by molar-refractivity contribution is 5.92. The van der Waals surface area contributed by atoms with Crippen molar-refractivity contribution in [2.75, 3.05) is 32.7 Å². The molecule has 0 radical (unpaired) electrons. The Labute approximate surface area is 175 Å². The first-order valence-electron chi connectivity index (χ1n) is 10.6. The van der Waals surface area contributed by atoms with E-state index in [1.807, 2.05) is 48.6 Å². The van der Waals surface area contributed by atoms with Crippen LogP contribution in [0.15, 0.2) is 86.0 Å². The SMILES string of the molecule is C=CCN(CC=C)CCC(C(=O)N1CCCC1)(c1ccccc1)c1ccccc1. The second kappa shape index (κ2) is 10.2. The number of hydrogen-bond donors (Lipinski definition) is 0. The van der Waals surface area contributed by atoms with Crippen molar-refractivity contribution in [2.45, 2.75) is 24.7 Å². The molecule has 1 aliphatic heterocycles. The van der Waals surface area contributed by atoms with Gasteiger partial charge in [0.25, 0.3) is 0 Å². The number of carbonyl (C=O) groups excluding carboxylic acids is 1. The van der Waals surface area contributed by atoms with Crippen molar-refractivity contribution in [3.63, 3.8) is 0 Å². The van der Waals surface area contributed by atoms with Gasteiger partial charge in [-0.05, 0) is 30.4 Å². The maximum absolute atomic E-state index is 14.1. The van der Waals surface area contributed by atoms with Gasteiger partial charge in [-0.15, -0.1) is 13.2 Å². The molecule has 0 N–H and O–H groups in total. The predicted octanol–water partition coefficient (Wildman–Crippen LogP) is 4.66. The summed E-state index contributed by atoms with van der Waals surface area (Å²) in [6, 6.07) is 20.6. The molecule has 2 aromatic rings. The maximum atomic E-state index is 14.1. The minimum Gasteiger partial charge on any atom is -0.342 e. The highest BCUT2D eigenvalue weighted by Crippen LogP contribution is 2.39. The molecule has 0 aliphatic carbocycles. The molecule has 29 heavy (non-hydrogen) atoms. The molecule has 0 saturated carbocycles. The number of amides is 1. The monoisotopic (exact) mass is 388 g/mol. The van der Waals surface area contributed by atoms with Crippen molar-refractivity contribution >= 4 is 5.91 Å². The molecule has 1 heterocycles. The number of nitrogens with zero attached hydrogens (tertiary/aromatic N) is 2. The van der Waals surface area contributed by atoms with Gasteiger partial charge in [-0.3, -0.25) is 9.69 Å². The van der Waals surface area contributed by atoms with Crippen LogP contribution in [0.1, 0.15) is 30.4 Å². The average molecular weight is 389 g/mol. The van der Waals surface area contributed by atoms with Crippen LogP contribution in [0.5, 0.6) is 0 Å². The summed E-state index contributed by atoms with van der Waals surface area (Å²) in [7, 11) is 0. The van der Waals surface area contributed by atoms with E-state index in [1.165, 1.54) is 0 Å². The van der Waals surface area contributed by atoms with Crippen LogP contribution in [0.3, 0.4) is 0 Å². The highest BCUT2D eigenvalue weighted by atomic mass is 16.2. The van der Waals surface area contributed by atoms with E-state index in [-0.39, 0.29) is 5.91 Å². The number of likely N-dealkylation sites (tertiary alicyclic amines) is 1. The fraction of sp³-hybridized carbons (Fsp3) is 0.346. The van der Waals surface area contributed by atoms with E-state index < -0.39 is 5.41 Å². The Hall–Kier alpha value is -2.65. The lowest BCUT2D eigenvalue weighted by atomic mass is 9.70. The first-order valence-corrected chi connectivity index (χ1v) is 10.6. The second-order valence-electron chi connectivity index (χ2n) is 7.72. The molecule has 0 bridgehead atoms. The lowest BCUT2D eigenvalue weighted by Gasteiger charge is -2.38. The molecule has 1 saturated heterocycles. The minimum absolute atomic E-state index is 0.226. The van der Waals surface area contributed by atoms with Gasteiger partial charge in [0.05, 0.1) is 0 Å². The molecule has 2 aromatic carbocycles. The number of benzene rings is 2. The van der Waals surface area contributed by atoms with Crippen LogP contribution in [0.4, 0.5) is 0 Å².